The van der Waals surface area contributed by atoms with E-state index in [1.165, 1.54) is 0 Å². The first kappa shape index (κ1) is 21.6. The molecule has 5 rings (SSSR count). The Balaban J connectivity index is 1.93. The average Bonchev–Trinajstić information content (AvgIpc) is 3.00. The summed E-state index contributed by atoms with van der Waals surface area (Å²) in [4.78, 5) is 29.1. The quantitative estimate of drug-likeness (QED) is 0.597. The first-order valence-corrected chi connectivity index (χ1v) is 11.2. The first-order valence-electron chi connectivity index (χ1n) is 10.4. The fraction of sp³-hybridized carbons (Fsp3) is 0.240. The molecule has 1 unspecified atom stereocenters. The maximum Gasteiger partial charge on any atom is 0.245 e. The second kappa shape index (κ2) is 7.11. The average molecular weight is 479 g/mol. The molecule has 2 heterocycles. The van der Waals surface area contributed by atoms with E-state index in [4.69, 9.17) is 28.9 Å². The largest absolute Gasteiger partial charge is 0.384 e. The molecule has 0 bridgehead atoms. The number of ketones is 1. The van der Waals surface area contributed by atoms with Crippen LogP contribution in [0, 0.1) is 16.7 Å². The zero-order valence-corrected chi connectivity index (χ0v) is 19.5. The zero-order valence-electron chi connectivity index (χ0n) is 18.0. The van der Waals surface area contributed by atoms with Crippen molar-refractivity contribution in [2.45, 2.75) is 32.1 Å². The van der Waals surface area contributed by atoms with Gasteiger partial charge in [0.1, 0.15) is 17.3 Å². The summed E-state index contributed by atoms with van der Waals surface area (Å²) in [7, 11) is 0. The molecule has 1 amide bonds. The number of nitrogens with one attached hydrogen (secondary N) is 1. The Bertz CT molecular complexity index is 1370. The third-order valence-electron chi connectivity index (χ3n) is 6.55. The number of Topliss-reactive ketones (excluding diaryl/α,β-unsaturated/α-hetero) is 1. The molecular formula is C25H20Cl2N4O2. The van der Waals surface area contributed by atoms with Gasteiger partial charge in [-0.15, -0.1) is 0 Å². The van der Waals surface area contributed by atoms with Gasteiger partial charge in [0.25, 0.3) is 0 Å². The number of amides is 1. The number of hydrogen-bond donors (Lipinski definition) is 2. The highest BCUT2D eigenvalue weighted by Crippen LogP contribution is 2.57. The van der Waals surface area contributed by atoms with Crippen LogP contribution in [0.15, 0.2) is 65.1 Å². The van der Waals surface area contributed by atoms with E-state index in [0.29, 0.717) is 39.1 Å². The Hall–Kier alpha value is -3.27. The number of carbonyl (C=O) groups excluding carboxylic acids is 2. The van der Waals surface area contributed by atoms with Gasteiger partial charge in [0, 0.05) is 34.0 Å². The van der Waals surface area contributed by atoms with Crippen LogP contribution in [-0.4, -0.2) is 11.7 Å². The summed E-state index contributed by atoms with van der Waals surface area (Å²) in [5.74, 6) is -0.627. The molecule has 2 aromatic carbocycles. The lowest BCUT2D eigenvalue weighted by atomic mass is 9.61. The predicted octanol–water partition coefficient (Wildman–Crippen LogP) is 5.04. The van der Waals surface area contributed by atoms with Crippen molar-refractivity contribution >= 4 is 46.3 Å². The Morgan fingerprint density at radius 3 is 2.55 bits per heavy atom. The number of fused-ring (bicyclic) bond motifs is 3. The number of hydrogen-bond acceptors (Lipinski definition) is 5. The smallest absolute Gasteiger partial charge is 0.245 e. The van der Waals surface area contributed by atoms with Gasteiger partial charge in [-0.2, -0.15) is 5.26 Å². The molecular weight excluding hydrogens is 459 g/mol. The maximum atomic E-state index is 13.8. The van der Waals surface area contributed by atoms with Crippen molar-refractivity contribution in [2.75, 3.05) is 10.2 Å². The van der Waals surface area contributed by atoms with E-state index in [1.807, 2.05) is 13.8 Å². The number of carbonyl (C=O) groups is 2. The molecule has 1 spiro atoms. The Kier molecular flexibility index (Phi) is 4.65. The molecule has 1 aliphatic carbocycles. The molecule has 166 valence electrons. The normalized spacial score (nSPS) is 23.4. The molecule has 6 nitrogen and oxygen atoms in total. The van der Waals surface area contributed by atoms with Gasteiger partial charge in [0.05, 0.1) is 16.3 Å². The van der Waals surface area contributed by atoms with Crippen molar-refractivity contribution in [3.8, 4) is 6.07 Å². The minimum atomic E-state index is -1.67. The van der Waals surface area contributed by atoms with E-state index in [9.17, 15) is 14.9 Å². The third-order valence-corrected chi connectivity index (χ3v) is 7.10. The van der Waals surface area contributed by atoms with Gasteiger partial charge in [0.2, 0.25) is 5.91 Å². The molecule has 8 heteroatoms. The van der Waals surface area contributed by atoms with Crippen molar-refractivity contribution in [3.63, 3.8) is 0 Å². The second-order valence-electron chi connectivity index (χ2n) is 9.32. The van der Waals surface area contributed by atoms with Crippen LogP contribution in [0.25, 0.3) is 0 Å². The van der Waals surface area contributed by atoms with E-state index in [1.54, 1.807) is 47.4 Å². The maximum absolute atomic E-state index is 13.8. The molecule has 2 aliphatic heterocycles. The number of anilines is 2. The van der Waals surface area contributed by atoms with E-state index in [-0.39, 0.29) is 34.6 Å². The van der Waals surface area contributed by atoms with Crippen LogP contribution in [0.5, 0.6) is 0 Å². The van der Waals surface area contributed by atoms with Crippen LogP contribution in [0.1, 0.15) is 32.3 Å². The number of rotatable bonds is 1. The van der Waals surface area contributed by atoms with Crippen LogP contribution in [0.3, 0.4) is 0 Å². The molecule has 0 radical (unpaired) electrons. The zero-order chi connectivity index (χ0) is 23.7. The standard InChI is InChI=1S/C25H20Cl2N4O2/c1-24(2)10-19-21(20(32)11-24)25(14-9-13(26)7-8-17(14)30-23(25)33)15(12-28)22(29)31(19)18-6-4-3-5-16(18)27/h3-9H,10-11,29H2,1-2H3,(H,30,33). The molecule has 2 aromatic rings. The Morgan fingerprint density at radius 1 is 1.12 bits per heavy atom. The van der Waals surface area contributed by atoms with Gasteiger partial charge in [-0.25, -0.2) is 0 Å². The lowest BCUT2D eigenvalue weighted by molar-refractivity contribution is -0.123. The SMILES string of the molecule is CC1(C)CC(=O)C2=C(C1)N(c1ccccc1Cl)C(N)=C(C#N)C21C(=O)Nc2ccc(Cl)cc21. The van der Waals surface area contributed by atoms with E-state index in [0.717, 1.165) is 0 Å². The lowest BCUT2D eigenvalue weighted by Gasteiger charge is -2.46. The summed E-state index contributed by atoms with van der Waals surface area (Å²) in [6.45, 7) is 3.98. The van der Waals surface area contributed by atoms with Crippen molar-refractivity contribution in [1.82, 2.24) is 0 Å². The van der Waals surface area contributed by atoms with Gasteiger partial charge in [0.15, 0.2) is 5.78 Å². The predicted molar refractivity (Wildman–Crippen MR) is 128 cm³/mol. The van der Waals surface area contributed by atoms with Crippen LogP contribution in [0.4, 0.5) is 11.4 Å². The summed E-state index contributed by atoms with van der Waals surface area (Å²) in [5.41, 5.74) is 6.91. The number of allylic oxidation sites excluding steroid dienone is 1. The second-order valence-corrected chi connectivity index (χ2v) is 10.2. The van der Waals surface area contributed by atoms with Gasteiger partial charge < -0.3 is 11.1 Å². The van der Waals surface area contributed by atoms with Gasteiger partial charge >= 0.3 is 0 Å². The minimum Gasteiger partial charge on any atom is -0.384 e. The fourth-order valence-electron chi connectivity index (χ4n) is 5.30. The van der Waals surface area contributed by atoms with Crippen molar-refractivity contribution in [1.29, 1.82) is 5.26 Å². The highest BCUT2D eigenvalue weighted by atomic mass is 35.5. The van der Waals surface area contributed by atoms with E-state index >= 15 is 0 Å². The van der Waals surface area contributed by atoms with E-state index in [2.05, 4.69) is 11.4 Å². The van der Waals surface area contributed by atoms with Crippen LogP contribution < -0.4 is 16.0 Å². The van der Waals surface area contributed by atoms with Crippen LogP contribution >= 0.6 is 23.2 Å². The van der Waals surface area contributed by atoms with Gasteiger partial charge in [-0.05, 0) is 42.2 Å². The lowest BCUT2D eigenvalue weighted by Crippen LogP contribution is -2.52. The number of nitrogens with two attached hydrogens (primary N) is 1. The minimum absolute atomic E-state index is 0.0206. The number of nitrogens with zero attached hydrogens (tertiary/aromatic N) is 2. The molecule has 0 fully saturated rings. The third kappa shape index (κ3) is 2.86. The summed E-state index contributed by atoms with van der Waals surface area (Å²) < 4.78 is 0. The summed E-state index contributed by atoms with van der Waals surface area (Å²) >= 11 is 12.8. The molecule has 1 atom stereocenters. The number of para-hydroxylation sites is 1. The number of nitriles is 1. The van der Waals surface area contributed by atoms with Crippen molar-refractivity contribution in [3.05, 3.63) is 80.7 Å². The topological polar surface area (TPSA) is 99.2 Å². The Morgan fingerprint density at radius 2 is 1.85 bits per heavy atom. The van der Waals surface area contributed by atoms with Crippen molar-refractivity contribution in [2.24, 2.45) is 11.1 Å². The van der Waals surface area contributed by atoms with Crippen molar-refractivity contribution < 1.29 is 9.59 Å². The molecule has 3 aliphatic rings. The van der Waals surface area contributed by atoms with Crippen LogP contribution in [0.2, 0.25) is 10.0 Å². The molecule has 3 N–H and O–H groups in total. The van der Waals surface area contributed by atoms with E-state index < -0.39 is 11.3 Å². The number of halogens is 2. The fourth-order valence-corrected chi connectivity index (χ4v) is 5.69. The molecule has 0 saturated heterocycles. The summed E-state index contributed by atoms with van der Waals surface area (Å²) in [5, 5.41) is 14.0. The highest BCUT2D eigenvalue weighted by molar-refractivity contribution is 6.33. The first-order chi connectivity index (χ1) is 15.6. The molecule has 0 aromatic heterocycles. The van der Waals surface area contributed by atoms with Crippen LogP contribution in [-0.2, 0) is 15.0 Å². The van der Waals surface area contributed by atoms with Gasteiger partial charge in [-0.3, -0.25) is 14.5 Å². The number of benzene rings is 2. The monoisotopic (exact) mass is 478 g/mol. The van der Waals surface area contributed by atoms with Gasteiger partial charge in [-0.1, -0.05) is 49.2 Å². The molecule has 33 heavy (non-hydrogen) atoms. The summed E-state index contributed by atoms with van der Waals surface area (Å²) in [6.07, 6.45) is 0.690. The summed E-state index contributed by atoms with van der Waals surface area (Å²) in [6, 6.07) is 14.2. The highest BCUT2D eigenvalue weighted by Gasteiger charge is 2.61. The Labute approximate surface area is 201 Å². The molecule has 0 saturated carbocycles.